The summed E-state index contributed by atoms with van der Waals surface area (Å²) in [6, 6.07) is 8.85. The Morgan fingerprint density at radius 3 is 2.76 bits per heavy atom. The van der Waals surface area contributed by atoms with Crippen molar-refractivity contribution in [2.24, 2.45) is 4.99 Å². The Labute approximate surface area is 103 Å². The molecule has 1 aliphatic rings. The van der Waals surface area contributed by atoms with Crippen LogP contribution in [0.5, 0.6) is 5.75 Å². The van der Waals surface area contributed by atoms with E-state index in [2.05, 4.69) is 4.99 Å². The third-order valence-corrected chi connectivity index (χ3v) is 3.12. The van der Waals surface area contributed by atoms with Gasteiger partial charge in [0.2, 0.25) is 0 Å². The van der Waals surface area contributed by atoms with Gasteiger partial charge in [-0.1, -0.05) is 11.8 Å². The highest BCUT2D eigenvalue weighted by Gasteiger charge is 2.26. The zero-order chi connectivity index (χ0) is 12.3. The maximum Gasteiger partial charge on any atom is 0.194 e. The van der Waals surface area contributed by atoms with Crippen molar-refractivity contribution < 1.29 is 9.13 Å². The first-order valence-corrected chi connectivity index (χ1v) is 5.76. The zero-order valence-electron chi connectivity index (χ0n) is 9.05. The quantitative estimate of drug-likeness (QED) is 0.756. The number of rotatable bonds is 2. The third kappa shape index (κ3) is 2.48. The lowest BCUT2D eigenvalue weighted by Crippen LogP contribution is -2.08. The molecule has 3 nitrogen and oxygen atoms in total. The predicted octanol–water partition coefficient (Wildman–Crippen LogP) is 2.89. The molecule has 5 heteroatoms. The van der Waals surface area contributed by atoms with Crippen LogP contribution in [0.15, 0.2) is 40.4 Å². The first-order chi connectivity index (χ1) is 8.24. The van der Waals surface area contributed by atoms with Gasteiger partial charge < -0.3 is 4.74 Å². The summed E-state index contributed by atoms with van der Waals surface area (Å²) in [5.41, 5.74) is -0.172. The van der Waals surface area contributed by atoms with Crippen LogP contribution in [0.25, 0.3) is 0 Å². The molecule has 0 N–H and O–H groups in total. The van der Waals surface area contributed by atoms with Gasteiger partial charge in [0.15, 0.2) is 5.50 Å². The molecule has 1 unspecified atom stereocenters. The second-order valence-electron chi connectivity index (χ2n) is 3.27. The van der Waals surface area contributed by atoms with E-state index in [1.165, 1.54) is 6.08 Å². The van der Waals surface area contributed by atoms with Crippen molar-refractivity contribution in [1.29, 1.82) is 5.26 Å². The number of hydrogen-bond acceptors (Lipinski definition) is 4. The molecule has 86 valence electrons. The number of benzene rings is 1. The van der Waals surface area contributed by atoms with Gasteiger partial charge in [-0.2, -0.15) is 5.26 Å². The van der Waals surface area contributed by atoms with Crippen LogP contribution in [-0.4, -0.2) is 18.3 Å². The van der Waals surface area contributed by atoms with Crippen LogP contribution < -0.4 is 4.74 Å². The van der Waals surface area contributed by atoms with Crippen LogP contribution in [0, 0.1) is 11.3 Å². The van der Waals surface area contributed by atoms with Crippen molar-refractivity contribution in [3.8, 4) is 11.8 Å². The summed E-state index contributed by atoms with van der Waals surface area (Å²) in [5.74, 6) is 0.711. The molecule has 0 aliphatic carbocycles. The smallest absolute Gasteiger partial charge is 0.194 e. The summed E-state index contributed by atoms with van der Waals surface area (Å²) >= 11 is 0.940. The molecule has 0 aromatic heterocycles. The van der Waals surface area contributed by atoms with Crippen LogP contribution in [0.4, 0.5) is 4.39 Å². The summed E-state index contributed by atoms with van der Waals surface area (Å²) in [6.07, 6.45) is 1.24. The number of nitrogens with zero attached hydrogens (tertiary/aromatic N) is 2. The number of thioether (sulfide) groups is 1. The van der Waals surface area contributed by atoms with Crippen molar-refractivity contribution in [1.82, 2.24) is 0 Å². The predicted molar refractivity (Wildman–Crippen MR) is 65.7 cm³/mol. The van der Waals surface area contributed by atoms with Crippen LogP contribution >= 0.6 is 11.8 Å². The van der Waals surface area contributed by atoms with E-state index in [0.29, 0.717) is 22.1 Å². The summed E-state index contributed by atoms with van der Waals surface area (Å²) in [6.45, 7) is 0. The van der Waals surface area contributed by atoms with Crippen LogP contribution in [0.1, 0.15) is 5.56 Å². The van der Waals surface area contributed by atoms with Crippen LogP contribution in [-0.2, 0) is 0 Å². The van der Waals surface area contributed by atoms with Crippen molar-refractivity contribution in [2.45, 2.75) is 5.50 Å². The number of halogens is 1. The molecule has 0 saturated carbocycles. The second kappa shape index (κ2) is 5.02. The van der Waals surface area contributed by atoms with Crippen molar-refractivity contribution in [3.05, 3.63) is 40.9 Å². The number of ether oxygens (including phenoxy) is 1. The molecule has 0 amide bonds. The molecular weight excluding hydrogens is 239 g/mol. The molecule has 1 aliphatic heterocycles. The molecule has 1 aromatic carbocycles. The monoisotopic (exact) mass is 248 g/mol. The van der Waals surface area contributed by atoms with Crippen LogP contribution in [0.3, 0.4) is 0 Å². The van der Waals surface area contributed by atoms with E-state index in [9.17, 15) is 4.39 Å². The molecule has 0 spiro atoms. The van der Waals surface area contributed by atoms with Gasteiger partial charge in [0.1, 0.15) is 10.8 Å². The highest BCUT2D eigenvalue weighted by molar-refractivity contribution is 8.04. The number of allylic oxidation sites excluding steroid dienone is 1. The fourth-order valence-electron chi connectivity index (χ4n) is 1.44. The molecular formula is C12H9FN2OS. The van der Waals surface area contributed by atoms with E-state index in [-0.39, 0.29) is 0 Å². The minimum absolute atomic E-state index is 0.346. The summed E-state index contributed by atoms with van der Waals surface area (Å²) < 4.78 is 18.7. The number of nitriles is 1. The molecule has 0 fully saturated rings. The summed E-state index contributed by atoms with van der Waals surface area (Å²) in [5, 5.41) is 8.90. The lowest BCUT2D eigenvalue weighted by Gasteiger charge is -2.04. The third-order valence-electron chi connectivity index (χ3n) is 2.24. The van der Waals surface area contributed by atoms with Crippen molar-refractivity contribution >= 4 is 17.5 Å². The Morgan fingerprint density at radius 1 is 1.47 bits per heavy atom. The Morgan fingerprint density at radius 2 is 2.18 bits per heavy atom. The molecule has 2 rings (SSSR count). The molecule has 1 atom stereocenters. The zero-order valence-corrected chi connectivity index (χ0v) is 9.87. The lowest BCUT2D eigenvalue weighted by molar-refractivity contribution is 0.415. The van der Waals surface area contributed by atoms with E-state index < -0.39 is 5.50 Å². The van der Waals surface area contributed by atoms with Crippen LogP contribution in [0.2, 0.25) is 0 Å². The maximum absolute atomic E-state index is 13.7. The van der Waals surface area contributed by atoms with Gasteiger partial charge in [0.25, 0.3) is 0 Å². The van der Waals surface area contributed by atoms with Gasteiger partial charge >= 0.3 is 0 Å². The average molecular weight is 248 g/mol. The fourth-order valence-corrected chi connectivity index (χ4v) is 2.22. The fraction of sp³-hybridized carbons (Fsp3) is 0.167. The van der Waals surface area contributed by atoms with Gasteiger partial charge in [-0.15, -0.1) is 0 Å². The maximum atomic E-state index is 13.7. The van der Waals surface area contributed by atoms with E-state index in [1.807, 2.05) is 6.07 Å². The molecule has 1 heterocycles. The molecule has 1 aromatic rings. The molecule has 0 bridgehead atoms. The summed E-state index contributed by atoms with van der Waals surface area (Å²) in [4.78, 5) is 4.09. The standard InChI is InChI=1S/C12H9FN2OS/c1-16-9-4-2-8(3-5-9)11-12(13)17-10(15-11)6-7-14/h2-6,12H,1H3/b10-6+. The normalized spacial score (nSPS) is 21.1. The Hall–Kier alpha value is -1.80. The summed E-state index contributed by atoms with van der Waals surface area (Å²) in [7, 11) is 1.57. The molecule has 0 saturated heterocycles. The molecule has 17 heavy (non-hydrogen) atoms. The van der Waals surface area contributed by atoms with E-state index in [1.54, 1.807) is 31.4 Å². The topological polar surface area (TPSA) is 45.4 Å². The number of hydrogen-bond donors (Lipinski definition) is 0. The number of methoxy groups -OCH3 is 1. The van der Waals surface area contributed by atoms with Gasteiger partial charge in [-0.3, -0.25) is 0 Å². The minimum Gasteiger partial charge on any atom is -0.497 e. The van der Waals surface area contributed by atoms with Crippen molar-refractivity contribution in [2.75, 3.05) is 7.11 Å². The van der Waals surface area contributed by atoms with E-state index in [4.69, 9.17) is 10.00 Å². The van der Waals surface area contributed by atoms with Crippen molar-refractivity contribution in [3.63, 3.8) is 0 Å². The first kappa shape index (κ1) is 11.7. The average Bonchev–Trinajstić information content (AvgIpc) is 2.71. The van der Waals surface area contributed by atoms with E-state index >= 15 is 0 Å². The second-order valence-corrected chi connectivity index (χ2v) is 4.34. The van der Waals surface area contributed by atoms with E-state index in [0.717, 1.165) is 11.8 Å². The highest BCUT2D eigenvalue weighted by atomic mass is 32.2. The SMILES string of the molecule is COc1ccc(C2=N/C(=C\C#N)SC2F)cc1. The number of aliphatic imine (C=N–C) groups is 1. The number of alkyl halides is 1. The lowest BCUT2D eigenvalue weighted by atomic mass is 10.1. The molecule has 0 radical (unpaired) electrons. The van der Waals surface area contributed by atoms with Gasteiger partial charge in [-0.05, 0) is 24.3 Å². The van der Waals surface area contributed by atoms with Gasteiger partial charge in [0, 0.05) is 11.6 Å². The van der Waals surface area contributed by atoms with Gasteiger partial charge in [0.05, 0.1) is 18.9 Å². The Bertz CT molecular complexity index is 516. The largest absolute Gasteiger partial charge is 0.497 e. The van der Waals surface area contributed by atoms with Gasteiger partial charge in [-0.25, -0.2) is 9.38 Å². The Kier molecular flexibility index (Phi) is 3.45. The highest BCUT2D eigenvalue weighted by Crippen LogP contribution is 2.34. The first-order valence-electron chi connectivity index (χ1n) is 4.88. The Balaban J connectivity index is 2.30. The minimum atomic E-state index is -1.22.